The number of Topliss-reactive ketones (excluding diaryl/α,β-unsaturated/α-hetero) is 1. The fourth-order valence-electron chi connectivity index (χ4n) is 3.85. The first-order valence-electron chi connectivity index (χ1n) is 7.99. The van der Waals surface area contributed by atoms with Gasteiger partial charge in [0.25, 0.3) is 0 Å². The minimum Gasteiger partial charge on any atom is -0.456 e. The van der Waals surface area contributed by atoms with Crippen molar-refractivity contribution in [2.45, 2.75) is 51.6 Å². The number of benzene rings is 1. The summed E-state index contributed by atoms with van der Waals surface area (Å²) in [6, 6.07) is 9.65. The zero-order chi connectivity index (χ0) is 14.9. The third-order valence-electron chi connectivity index (χ3n) is 5.07. The summed E-state index contributed by atoms with van der Waals surface area (Å²) in [6.07, 6.45) is 4.66. The molecular weight excluding hydrogens is 264 g/mol. The second kappa shape index (κ2) is 5.63. The molecule has 3 heteroatoms. The lowest BCUT2D eigenvalue weighted by Crippen LogP contribution is -2.51. The predicted molar refractivity (Wildman–Crippen MR) is 79.6 cm³/mol. The van der Waals surface area contributed by atoms with Gasteiger partial charge in [-0.1, -0.05) is 56.5 Å². The van der Waals surface area contributed by atoms with Crippen molar-refractivity contribution >= 4 is 11.8 Å². The highest BCUT2D eigenvalue weighted by Gasteiger charge is 2.55. The van der Waals surface area contributed by atoms with Crippen LogP contribution in [0.1, 0.15) is 57.1 Å². The molecule has 1 aromatic rings. The smallest absolute Gasteiger partial charge is 0.320 e. The fourth-order valence-corrected chi connectivity index (χ4v) is 3.85. The maximum atomic E-state index is 13.0. The van der Waals surface area contributed by atoms with E-state index in [0.29, 0.717) is 19.3 Å². The van der Waals surface area contributed by atoms with Crippen molar-refractivity contribution in [1.29, 1.82) is 0 Å². The van der Waals surface area contributed by atoms with Crippen molar-refractivity contribution in [3.05, 3.63) is 35.9 Å². The SMILES string of the molecule is CC[C@H]1C(=O)C2(CCCCC2)C(=O)O[C@@H]1c1ccccc1. The van der Waals surface area contributed by atoms with Crippen LogP contribution in [0.2, 0.25) is 0 Å². The van der Waals surface area contributed by atoms with Gasteiger partial charge in [-0.25, -0.2) is 0 Å². The van der Waals surface area contributed by atoms with E-state index in [4.69, 9.17) is 4.74 Å². The second-order valence-corrected chi connectivity index (χ2v) is 6.26. The molecule has 0 radical (unpaired) electrons. The molecule has 1 saturated carbocycles. The molecule has 0 aromatic heterocycles. The molecule has 1 saturated heterocycles. The highest BCUT2D eigenvalue weighted by Crippen LogP contribution is 2.48. The van der Waals surface area contributed by atoms with Gasteiger partial charge in [0.1, 0.15) is 11.5 Å². The topological polar surface area (TPSA) is 43.4 Å². The van der Waals surface area contributed by atoms with E-state index in [9.17, 15) is 9.59 Å². The van der Waals surface area contributed by atoms with Crippen LogP contribution < -0.4 is 0 Å². The van der Waals surface area contributed by atoms with Crippen molar-refractivity contribution in [3.63, 3.8) is 0 Å². The predicted octanol–water partition coefficient (Wildman–Crippen LogP) is 3.83. The molecule has 0 bridgehead atoms. The lowest BCUT2D eigenvalue weighted by Gasteiger charge is -2.43. The molecule has 0 amide bonds. The summed E-state index contributed by atoms with van der Waals surface area (Å²) in [4.78, 5) is 25.6. The number of ketones is 1. The Balaban J connectivity index is 1.94. The van der Waals surface area contributed by atoms with Gasteiger partial charge in [-0.3, -0.25) is 9.59 Å². The average Bonchev–Trinajstić information content (AvgIpc) is 2.54. The highest BCUT2D eigenvalue weighted by molar-refractivity contribution is 6.07. The Kier molecular flexibility index (Phi) is 3.83. The molecule has 2 fully saturated rings. The third kappa shape index (κ3) is 2.29. The Hall–Kier alpha value is -1.64. The Morgan fingerprint density at radius 3 is 2.38 bits per heavy atom. The summed E-state index contributed by atoms with van der Waals surface area (Å²) < 4.78 is 5.78. The van der Waals surface area contributed by atoms with Gasteiger partial charge in [0.05, 0.1) is 5.92 Å². The van der Waals surface area contributed by atoms with Gasteiger partial charge in [0.2, 0.25) is 0 Å². The summed E-state index contributed by atoms with van der Waals surface area (Å²) in [7, 11) is 0. The third-order valence-corrected chi connectivity index (χ3v) is 5.07. The molecule has 0 unspecified atom stereocenters. The first kappa shape index (κ1) is 14.3. The second-order valence-electron chi connectivity index (χ2n) is 6.26. The van der Waals surface area contributed by atoms with Crippen molar-refractivity contribution in [1.82, 2.24) is 0 Å². The van der Waals surface area contributed by atoms with Crippen molar-refractivity contribution in [2.75, 3.05) is 0 Å². The van der Waals surface area contributed by atoms with E-state index in [1.165, 1.54) is 0 Å². The number of esters is 1. The van der Waals surface area contributed by atoms with Gasteiger partial charge in [-0.2, -0.15) is 0 Å². The highest BCUT2D eigenvalue weighted by atomic mass is 16.5. The van der Waals surface area contributed by atoms with Gasteiger partial charge < -0.3 is 4.74 Å². The van der Waals surface area contributed by atoms with Crippen LogP contribution in [0.3, 0.4) is 0 Å². The molecule has 3 rings (SSSR count). The van der Waals surface area contributed by atoms with Gasteiger partial charge in [-0.05, 0) is 24.8 Å². The molecule has 1 aromatic carbocycles. The Morgan fingerprint density at radius 1 is 1.10 bits per heavy atom. The van der Waals surface area contributed by atoms with E-state index in [1.807, 2.05) is 37.3 Å². The van der Waals surface area contributed by atoms with Gasteiger partial charge in [0.15, 0.2) is 5.78 Å². The number of carbonyl (C=O) groups is 2. The minimum atomic E-state index is -0.843. The summed E-state index contributed by atoms with van der Waals surface area (Å²) in [5.41, 5.74) is 0.0845. The monoisotopic (exact) mass is 286 g/mol. The number of ether oxygens (including phenoxy) is 1. The molecular formula is C18H22O3. The maximum absolute atomic E-state index is 13.0. The van der Waals surface area contributed by atoms with Crippen LogP contribution in [0.25, 0.3) is 0 Å². The van der Waals surface area contributed by atoms with E-state index >= 15 is 0 Å². The van der Waals surface area contributed by atoms with E-state index in [2.05, 4.69) is 0 Å². The number of rotatable bonds is 2. The van der Waals surface area contributed by atoms with E-state index in [1.54, 1.807) is 0 Å². The number of carbonyl (C=O) groups excluding carboxylic acids is 2. The van der Waals surface area contributed by atoms with Crippen LogP contribution in [-0.2, 0) is 14.3 Å². The quantitative estimate of drug-likeness (QED) is 0.613. The normalized spacial score (nSPS) is 28.4. The molecule has 2 atom stereocenters. The van der Waals surface area contributed by atoms with Gasteiger partial charge >= 0.3 is 5.97 Å². The van der Waals surface area contributed by atoms with Gasteiger partial charge in [-0.15, -0.1) is 0 Å². The number of cyclic esters (lactones) is 1. The number of hydrogen-bond acceptors (Lipinski definition) is 3. The first-order chi connectivity index (χ1) is 10.2. The molecule has 1 spiro atoms. The standard InChI is InChI=1S/C18H22O3/c1-2-14-15(13-9-5-3-6-10-13)21-17(20)18(16(14)19)11-7-4-8-12-18/h3,5-6,9-10,14-15H,2,4,7-8,11-12H2,1H3/t14-,15-/m1/s1. The van der Waals surface area contributed by atoms with Crippen LogP contribution >= 0.6 is 0 Å². The number of hydrogen-bond donors (Lipinski definition) is 0. The summed E-state index contributed by atoms with van der Waals surface area (Å²) in [6.45, 7) is 2.01. The van der Waals surface area contributed by atoms with Crippen LogP contribution in [-0.4, -0.2) is 11.8 Å². The summed E-state index contributed by atoms with van der Waals surface area (Å²) >= 11 is 0. The molecule has 112 valence electrons. The zero-order valence-electron chi connectivity index (χ0n) is 12.5. The molecule has 3 nitrogen and oxygen atoms in total. The first-order valence-corrected chi connectivity index (χ1v) is 7.99. The molecule has 1 aliphatic heterocycles. The Morgan fingerprint density at radius 2 is 1.76 bits per heavy atom. The lowest BCUT2D eigenvalue weighted by atomic mass is 9.64. The molecule has 1 aliphatic carbocycles. The van der Waals surface area contributed by atoms with Gasteiger partial charge in [0, 0.05) is 0 Å². The summed E-state index contributed by atoms with van der Waals surface area (Å²) in [5.74, 6) is -0.372. The fraction of sp³-hybridized carbons (Fsp3) is 0.556. The molecule has 21 heavy (non-hydrogen) atoms. The minimum absolute atomic E-state index is 0.120. The molecule has 2 aliphatic rings. The van der Waals surface area contributed by atoms with Crippen LogP contribution in [0.4, 0.5) is 0 Å². The van der Waals surface area contributed by atoms with Crippen molar-refractivity contribution in [2.24, 2.45) is 11.3 Å². The van der Waals surface area contributed by atoms with Crippen molar-refractivity contribution < 1.29 is 14.3 Å². The molecule has 1 heterocycles. The largest absolute Gasteiger partial charge is 0.456 e. The van der Waals surface area contributed by atoms with Crippen LogP contribution in [0, 0.1) is 11.3 Å². The summed E-state index contributed by atoms with van der Waals surface area (Å²) in [5, 5.41) is 0. The lowest BCUT2D eigenvalue weighted by molar-refractivity contribution is -0.184. The maximum Gasteiger partial charge on any atom is 0.320 e. The van der Waals surface area contributed by atoms with Crippen LogP contribution in [0.5, 0.6) is 0 Å². The van der Waals surface area contributed by atoms with Crippen molar-refractivity contribution in [3.8, 4) is 0 Å². The Labute approximate surface area is 125 Å². The van der Waals surface area contributed by atoms with E-state index in [0.717, 1.165) is 24.8 Å². The van der Waals surface area contributed by atoms with E-state index in [-0.39, 0.29) is 17.7 Å². The van der Waals surface area contributed by atoms with E-state index < -0.39 is 11.5 Å². The average molecular weight is 286 g/mol. The Bertz CT molecular complexity index is 529. The zero-order valence-corrected chi connectivity index (χ0v) is 12.5. The molecule has 0 N–H and O–H groups in total. The van der Waals surface area contributed by atoms with Crippen LogP contribution in [0.15, 0.2) is 30.3 Å².